The number of phenolic OH excluding ortho intramolecular Hbond substituents is 1. The van der Waals surface area contributed by atoms with Crippen LogP contribution < -0.4 is 5.32 Å². The van der Waals surface area contributed by atoms with E-state index >= 15 is 0 Å². The van der Waals surface area contributed by atoms with Crippen molar-refractivity contribution in [3.05, 3.63) is 47.3 Å². The van der Waals surface area contributed by atoms with Gasteiger partial charge in [-0.05, 0) is 30.2 Å². The smallest absolute Gasteiger partial charge is 0.352 e. The lowest BCUT2D eigenvalue weighted by Gasteiger charge is -2.49. The van der Waals surface area contributed by atoms with E-state index in [1.165, 1.54) is 47.5 Å². The summed E-state index contributed by atoms with van der Waals surface area (Å²) in [6.45, 7) is -0.0533. The molecule has 1 fully saturated rings. The summed E-state index contributed by atoms with van der Waals surface area (Å²) in [6, 6.07) is 5.46. The van der Waals surface area contributed by atoms with Crippen LogP contribution in [0, 0.1) is 0 Å². The lowest BCUT2D eigenvalue weighted by atomic mass is 10.0. The number of amides is 2. The Morgan fingerprint density at radius 3 is 2.49 bits per heavy atom. The third-order valence-corrected chi connectivity index (χ3v) is 8.05. The van der Waals surface area contributed by atoms with Crippen molar-refractivity contribution in [1.82, 2.24) is 25.6 Å². The zero-order chi connectivity index (χ0) is 31.5. The first-order valence-electron chi connectivity index (χ1n) is 12.6. The summed E-state index contributed by atoms with van der Waals surface area (Å²) in [7, 11) is 0. The maximum Gasteiger partial charge on any atom is 0.352 e. The fourth-order valence-electron chi connectivity index (χ4n) is 3.79. The van der Waals surface area contributed by atoms with Gasteiger partial charge in [0.2, 0.25) is 5.91 Å². The van der Waals surface area contributed by atoms with Crippen molar-refractivity contribution in [3.63, 3.8) is 0 Å². The summed E-state index contributed by atoms with van der Waals surface area (Å²) in [6.07, 6.45) is 0.969. The Morgan fingerprint density at radius 2 is 1.88 bits per heavy atom. The topological polar surface area (TPSA) is 242 Å². The van der Waals surface area contributed by atoms with Crippen LogP contribution in [0.25, 0.3) is 0 Å². The molecule has 0 aliphatic carbocycles. The van der Waals surface area contributed by atoms with E-state index in [9.17, 15) is 34.2 Å². The number of aliphatic hydroxyl groups is 2. The molecule has 2 aromatic rings. The van der Waals surface area contributed by atoms with Gasteiger partial charge in [-0.1, -0.05) is 23.9 Å². The Labute approximate surface area is 252 Å². The number of hydrogen-bond donors (Lipinski definition) is 6. The Balaban J connectivity index is 0.000000331. The molecule has 6 N–H and O–H groups in total. The molecule has 0 spiro atoms. The Bertz CT molecular complexity index is 1340. The molecule has 0 radical (unpaired) electrons. The minimum absolute atomic E-state index is 0.0243. The number of carboxylic acid groups (broad SMARTS) is 1. The predicted molar refractivity (Wildman–Crippen MR) is 149 cm³/mol. The molecule has 3 heterocycles. The molecule has 2 aliphatic rings. The van der Waals surface area contributed by atoms with Crippen LogP contribution in [0.3, 0.4) is 0 Å². The zero-order valence-electron chi connectivity index (χ0n) is 22.7. The van der Waals surface area contributed by atoms with Crippen LogP contribution in [0.5, 0.6) is 5.75 Å². The van der Waals surface area contributed by atoms with Crippen LogP contribution >= 0.6 is 23.5 Å². The number of fused-ring (bicyclic) bond motifs is 1. The Hall–Kier alpha value is -4.13. The van der Waals surface area contributed by atoms with Gasteiger partial charge in [0.05, 0.1) is 12.6 Å². The van der Waals surface area contributed by atoms with E-state index in [1.807, 2.05) is 0 Å². The van der Waals surface area contributed by atoms with Gasteiger partial charge in [0.25, 0.3) is 5.91 Å². The number of aromatic nitrogens is 3. The molecule has 16 nitrogen and oxygen atoms in total. The van der Waals surface area contributed by atoms with Crippen LogP contribution in [0.2, 0.25) is 0 Å². The third-order valence-electron chi connectivity index (χ3n) is 5.72. The van der Waals surface area contributed by atoms with Crippen LogP contribution in [0.15, 0.2) is 46.8 Å². The van der Waals surface area contributed by atoms with Gasteiger partial charge in [-0.2, -0.15) is 10.3 Å². The molecule has 232 valence electrons. The molecule has 1 saturated heterocycles. The number of aromatic amines is 1. The first-order chi connectivity index (χ1) is 20.5. The maximum absolute atomic E-state index is 12.7. The summed E-state index contributed by atoms with van der Waals surface area (Å²) < 4.78 is 9.00. The summed E-state index contributed by atoms with van der Waals surface area (Å²) in [5, 5.41) is 48.5. The van der Waals surface area contributed by atoms with Crippen LogP contribution in [-0.4, -0.2) is 119 Å². The molecule has 2 unspecified atom stereocenters. The number of aliphatic hydroxyl groups excluding tert-OH is 2. The van der Waals surface area contributed by atoms with E-state index < -0.39 is 54.5 Å². The van der Waals surface area contributed by atoms with E-state index in [1.54, 1.807) is 18.3 Å². The second-order valence-electron chi connectivity index (χ2n) is 8.95. The number of carboxylic acids is 1. The molecule has 2 aliphatic heterocycles. The summed E-state index contributed by atoms with van der Waals surface area (Å²) in [5.74, 6) is -2.60. The molecule has 3 atom stereocenters. The van der Waals surface area contributed by atoms with Crippen LogP contribution in [0.1, 0.15) is 12.5 Å². The van der Waals surface area contributed by atoms with Gasteiger partial charge >= 0.3 is 17.9 Å². The Morgan fingerprint density at radius 1 is 1.19 bits per heavy atom. The van der Waals surface area contributed by atoms with Crippen molar-refractivity contribution in [2.45, 2.75) is 35.9 Å². The highest BCUT2D eigenvalue weighted by Gasteiger charge is 2.54. The molecule has 2 amide bonds. The average Bonchev–Trinajstić information content (AvgIpc) is 3.52. The molecule has 0 bridgehead atoms. The van der Waals surface area contributed by atoms with Gasteiger partial charge in [-0.3, -0.25) is 14.5 Å². The number of ether oxygens (including phenoxy) is 2. The number of nitrogens with zero attached hydrogens (tertiary/aromatic N) is 3. The first-order valence-corrected chi connectivity index (χ1v) is 14.6. The number of aliphatic carboxylic acids is 1. The van der Waals surface area contributed by atoms with Gasteiger partial charge in [-0.15, -0.1) is 16.9 Å². The molecule has 18 heteroatoms. The Kier molecular flexibility index (Phi) is 12.4. The standard InChI is InChI=1S/C18H17N5O5S2.C7H12O6/c24-11-3-1-9(2-4-11)5-12(25)20-14-16(26)23-15(18(27)28)10(8-30-17(14)23)7-29-13-6-19-22-21-13;1-5(13-7(11)3-9)4-12-6(10)2-8/h1-4,6,14,17,24H,5,7-8H2,(H,20,25)(H,27,28)(H,19,21,22);5,8-9H,2-4H2,1H3/t14?,17-;/m1./s1. The fraction of sp³-hybridized carbons (Fsp3) is 0.400. The molecule has 1 aromatic heterocycles. The SMILES string of the molecule is CC(COC(=O)CO)OC(=O)CO.O=C(Cc1ccc(O)cc1)NC1C(=O)N2C(C(=O)O)=C(CSc3cn[nH]n3)CS[C@H]12. The monoisotopic (exact) mass is 639 g/mol. The number of rotatable bonds is 12. The number of thioether (sulfide) groups is 2. The number of phenols is 1. The molecule has 1 aromatic carbocycles. The largest absolute Gasteiger partial charge is 0.508 e. The third kappa shape index (κ3) is 9.43. The van der Waals surface area contributed by atoms with E-state index in [4.69, 9.17) is 10.2 Å². The van der Waals surface area contributed by atoms with E-state index in [0.717, 1.165) is 0 Å². The number of esters is 2. The second kappa shape index (κ2) is 15.9. The van der Waals surface area contributed by atoms with Crippen molar-refractivity contribution in [1.29, 1.82) is 0 Å². The van der Waals surface area contributed by atoms with Crippen molar-refractivity contribution in [2.24, 2.45) is 0 Å². The number of carbonyl (C=O) groups is 5. The second-order valence-corrected chi connectivity index (χ2v) is 11.1. The maximum atomic E-state index is 12.7. The molecule has 43 heavy (non-hydrogen) atoms. The highest BCUT2D eigenvalue weighted by Crippen LogP contribution is 2.41. The van der Waals surface area contributed by atoms with Gasteiger partial charge in [0, 0.05) is 11.5 Å². The van der Waals surface area contributed by atoms with Crippen molar-refractivity contribution < 1.29 is 53.9 Å². The van der Waals surface area contributed by atoms with Crippen molar-refractivity contribution in [2.75, 3.05) is 31.3 Å². The van der Waals surface area contributed by atoms with Crippen molar-refractivity contribution in [3.8, 4) is 5.75 Å². The zero-order valence-corrected chi connectivity index (χ0v) is 24.3. The predicted octanol–water partition coefficient (Wildman–Crippen LogP) is -0.970. The van der Waals surface area contributed by atoms with E-state index in [0.29, 0.717) is 27.7 Å². The number of nitrogens with one attached hydrogen (secondary N) is 2. The van der Waals surface area contributed by atoms with Crippen LogP contribution in [-0.2, 0) is 39.9 Å². The van der Waals surface area contributed by atoms with E-state index in [2.05, 4.69) is 30.2 Å². The number of aromatic hydroxyl groups is 1. The molecular weight excluding hydrogens is 610 g/mol. The van der Waals surface area contributed by atoms with Gasteiger partial charge < -0.3 is 35.2 Å². The molecular formula is C25H29N5O11S2. The van der Waals surface area contributed by atoms with E-state index in [-0.39, 0.29) is 30.4 Å². The minimum atomic E-state index is -1.17. The highest BCUT2D eigenvalue weighted by molar-refractivity contribution is 8.01. The number of carbonyl (C=O) groups excluding carboxylic acids is 4. The van der Waals surface area contributed by atoms with Gasteiger partial charge in [-0.25, -0.2) is 14.4 Å². The number of hydrogen-bond acceptors (Lipinski definition) is 14. The van der Waals surface area contributed by atoms with Crippen molar-refractivity contribution >= 4 is 53.2 Å². The summed E-state index contributed by atoms with van der Waals surface area (Å²) in [5.41, 5.74) is 1.30. The summed E-state index contributed by atoms with van der Waals surface area (Å²) >= 11 is 2.75. The molecule has 0 saturated carbocycles. The number of benzene rings is 1. The lowest BCUT2D eigenvalue weighted by molar-refractivity contribution is -0.161. The summed E-state index contributed by atoms with van der Waals surface area (Å²) in [4.78, 5) is 59.0. The van der Waals surface area contributed by atoms with Crippen LogP contribution in [0.4, 0.5) is 0 Å². The highest BCUT2D eigenvalue weighted by atomic mass is 32.2. The molecule has 4 rings (SSSR count). The normalized spacial score (nSPS) is 17.9. The number of H-pyrrole nitrogens is 1. The fourth-order valence-corrected chi connectivity index (χ4v) is 6.06. The number of β-lactam (4-membered cyclic amide) rings is 1. The first kappa shape index (κ1) is 33.4. The average molecular weight is 640 g/mol. The quantitative estimate of drug-likeness (QED) is 0.0930. The lowest BCUT2D eigenvalue weighted by Crippen LogP contribution is -2.70. The minimum Gasteiger partial charge on any atom is -0.508 e. The van der Waals surface area contributed by atoms with Gasteiger partial charge in [0.15, 0.2) is 0 Å². The van der Waals surface area contributed by atoms with Gasteiger partial charge in [0.1, 0.15) is 53.8 Å².